The summed E-state index contributed by atoms with van der Waals surface area (Å²) in [6, 6.07) is 13.7. The highest BCUT2D eigenvalue weighted by Gasteiger charge is 2.13. The third-order valence-electron chi connectivity index (χ3n) is 3.57. The van der Waals surface area contributed by atoms with Crippen molar-refractivity contribution in [3.05, 3.63) is 64.7 Å². The van der Waals surface area contributed by atoms with E-state index in [0.29, 0.717) is 34.9 Å². The van der Waals surface area contributed by atoms with E-state index in [4.69, 9.17) is 11.6 Å². The van der Waals surface area contributed by atoms with Crippen molar-refractivity contribution >= 4 is 29.1 Å². The Bertz CT molecular complexity index is 694. The summed E-state index contributed by atoms with van der Waals surface area (Å²) in [4.78, 5) is 26.2. The van der Waals surface area contributed by atoms with Gasteiger partial charge in [-0.3, -0.25) is 9.59 Å². The van der Waals surface area contributed by atoms with Gasteiger partial charge >= 0.3 is 0 Å². The van der Waals surface area contributed by atoms with Gasteiger partial charge in [0.25, 0.3) is 11.8 Å². The second-order valence-corrected chi connectivity index (χ2v) is 5.40. The molecule has 0 saturated carbocycles. The first-order chi connectivity index (χ1) is 11.1. The van der Waals surface area contributed by atoms with E-state index in [1.807, 2.05) is 13.8 Å². The Kier molecular flexibility index (Phi) is 5.77. The van der Waals surface area contributed by atoms with Gasteiger partial charge in [0.1, 0.15) is 0 Å². The van der Waals surface area contributed by atoms with Crippen LogP contribution in [0.3, 0.4) is 0 Å². The number of halogens is 1. The van der Waals surface area contributed by atoms with Crippen LogP contribution in [0.15, 0.2) is 48.5 Å². The molecule has 0 radical (unpaired) electrons. The molecule has 0 aliphatic carbocycles. The van der Waals surface area contributed by atoms with E-state index in [0.717, 1.165) is 0 Å². The number of hydrogen-bond acceptors (Lipinski definition) is 2. The van der Waals surface area contributed by atoms with Gasteiger partial charge in [0, 0.05) is 24.2 Å². The van der Waals surface area contributed by atoms with Crippen molar-refractivity contribution in [2.45, 2.75) is 13.8 Å². The maximum Gasteiger partial charge on any atom is 0.255 e. The minimum Gasteiger partial charge on any atom is -0.339 e. The third-order valence-corrected chi connectivity index (χ3v) is 3.90. The molecule has 5 heteroatoms. The molecule has 2 amide bonds. The number of benzene rings is 2. The molecule has 0 unspecified atom stereocenters. The van der Waals surface area contributed by atoms with Crippen LogP contribution in [0.5, 0.6) is 0 Å². The Labute approximate surface area is 141 Å². The molecule has 0 spiro atoms. The number of amides is 2. The number of nitrogens with zero attached hydrogens (tertiary/aromatic N) is 1. The highest BCUT2D eigenvalue weighted by molar-refractivity contribution is 6.33. The number of para-hydroxylation sites is 1. The summed E-state index contributed by atoms with van der Waals surface area (Å²) in [6.45, 7) is 5.19. The van der Waals surface area contributed by atoms with Crippen LogP contribution in [0, 0.1) is 0 Å². The molecule has 0 saturated heterocycles. The molecule has 0 aliphatic heterocycles. The number of anilines is 1. The Hall–Kier alpha value is -2.33. The lowest BCUT2D eigenvalue weighted by atomic mass is 10.1. The predicted molar refractivity (Wildman–Crippen MR) is 93.1 cm³/mol. The quantitative estimate of drug-likeness (QED) is 0.898. The molecule has 0 aromatic heterocycles. The zero-order valence-electron chi connectivity index (χ0n) is 13.2. The van der Waals surface area contributed by atoms with Crippen molar-refractivity contribution in [2.75, 3.05) is 18.4 Å². The van der Waals surface area contributed by atoms with Crippen LogP contribution in [0.2, 0.25) is 5.02 Å². The number of nitrogens with one attached hydrogen (secondary N) is 1. The van der Waals surface area contributed by atoms with Crippen LogP contribution >= 0.6 is 11.6 Å². The summed E-state index contributed by atoms with van der Waals surface area (Å²) in [6.07, 6.45) is 0. The van der Waals surface area contributed by atoms with Crippen molar-refractivity contribution < 1.29 is 9.59 Å². The lowest BCUT2D eigenvalue weighted by Crippen LogP contribution is -2.30. The molecule has 1 N–H and O–H groups in total. The monoisotopic (exact) mass is 330 g/mol. The Morgan fingerprint density at radius 3 is 2.09 bits per heavy atom. The molecular weight excluding hydrogens is 312 g/mol. The summed E-state index contributed by atoms with van der Waals surface area (Å²) in [5, 5.41) is 3.23. The fourth-order valence-electron chi connectivity index (χ4n) is 2.21. The molecule has 0 atom stereocenters. The first kappa shape index (κ1) is 17.0. The van der Waals surface area contributed by atoms with Gasteiger partial charge < -0.3 is 10.2 Å². The van der Waals surface area contributed by atoms with E-state index >= 15 is 0 Å². The van der Waals surface area contributed by atoms with Gasteiger partial charge in [-0.2, -0.15) is 0 Å². The molecule has 4 nitrogen and oxygen atoms in total. The lowest BCUT2D eigenvalue weighted by Gasteiger charge is -2.18. The van der Waals surface area contributed by atoms with Crippen molar-refractivity contribution in [3.8, 4) is 0 Å². The van der Waals surface area contributed by atoms with Gasteiger partial charge in [0.2, 0.25) is 0 Å². The zero-order valence-corrected chi connectivity index (χ0v) is 13.9. The Balaban J connectivity index is 2.12. The van der Waals surface area contributed by atoms with E-state index in [2.05, 4.69) is 5.32 Å². The largest absolute Gasteiger partial charge is 0.339 e. The minimum absolute atomic E-state index is 0.0342. The van der Waals surface area contributed by atoms with Crippen LogP contribution in [0.4, 0.5) is 5.69 Å². The van der Waals surface area contributed by atoms with Gasteiger partial charge in [0.15, 0.2) is 0 Å². The van der Waals surface area contributed by atoms with Gasteiger partial charge in [-0.15, -0.1) is 0 Å². The molecule has 0 heterocycles. The molecule has 2 aromatic rings. The molecule has 23 heavy (non-hydrogen) atoms. The Morgan fingerprint density at radius 1 is 0.957 bits per heavy atom. The maximum atomic E-state index is 12.2. The van der Waals surface area contributed by atoms with Crippen LogP contribution in [-0.2, 0) is 0 Å². The standard InChI is InChI=1S/C18H19ClN2O2/c1-3-21(4-2)18(23)14-11-9-13(10-12-14)17(22)20-16-8-6-5-7-15(16)19/h5-12H,3-4H2,1-2H3,(H,20,22). The normalized spacial score (nSPS) is 10.2. The van der Waals surface area contributed by atoms with E-state index in [9.17, 15) is 9.59 Å². The summed E-state index contributed by atoms with van der Waals surface area (Å²) >= 11 is 6.02. The highest BCUT2D eigenvalue weighted by atomic mass is 35.5. The first-order valence-corrected chi connectivity index (χ1v) is 7.89. The number of carbonyl (C=O) groups is 2. The fraction of sp³-hybridized carbons (Fsp3) is 0.222. The van der Waals surface area contributed by atoms with E-state index in [-0.39, 0.29) is 11.8 Å². The molecule has 2 aromatic carbocycles. The van der Waals surface area contributed by atoms with Crippen LogP contribution in [-0.4, -0.2) is 29.8 Å². The zero-order chi connectivity index (χ0) is 16.8. The summed E-state index contributed by atoms with van der Waals surface area (Å²) in [5.74, 6) is -0.298. The number of hydrogen-bond donors (Lipinski definition) is 1. The van der Waals surface area contributed by atoms with Crippen LogP contribution < -0.4 is 5.32 Å². The van der Waals surface area contributed by atoms with Gasteiger partial charge in [-0.05, 0) is 50.2 Å². The first-order valence-electron chi connectivity index (χ1n) is 7.52. The molecule has 0 bridgehead atoms. The molecular formula is C18H19ClN2O2. The average molecular weight is 331 g/mol. The number of carbonyl (C=O) groups excluding carboxylic acids is 2. The SMILES string of the molecule is CCN(CC)C(=O)c1ccc(C(=O)Nc2ccccc2Cl)cc1. The predicted octanol–water partition coefficient (Wildman–Crippen LogP) is 4.07. The molecule has 0 aliphatic rings. The van der Waals surface area contributed by atoms with E-state index in [1.165, 1.54) is 0 Å². The smallest absolute Gasteiger partial charge is 0.255 e. The van der Waals surface area contributed by atoms with Gasteiger partial charge in [-0.1, -0.05) is 23.7 Å². The second-order valence-electron chi connectivity index (χ2n) is 4.99. The van der Waals surface area contributed by atoms with E-state index in [1.54, 1.807) is 53.4 Å². The molecule has 0 fully saturated rings. The van der Waals surface area contributed by atoms with E-state index < -0.39 is 0 Å². The molecule has 2 rings (SSSR count). The minimum atomic E-state index is -0.264. The average Bonchev–Trinajstić information content (AvgIpc) is 2.58. The van der Waals surface area contributed by atoms with Gasteiger partial charge in [0.05, 0.1) is 10.7 Å². The number of rotatable bonds is 5. The van der Waals surface area contributed by atoms with Crippen molar-refractivity contribution in [1.82, 2.24) is 4.90 Å². The van der Waals surface area contributed by atoms with Crippen molar-refractivity contribution in [3.63, 3.8) is 0 Å². The van der Waals surface area contributed by atoms with Crippen molar-refractivity contribution in [2.24, 2.45) is 0 Å². The topological polar surface area (TPSA) is 49.4 Å². The summed E-state index contributed by atoms with van der Waals surface area (Å²) in [7, 11) is 0. The second kappa shape index (κ2) is 7.79. The summed E-state index contributed by atoms with van der Waals surface area (Å²) in [5.41, 5.74) is 1.60. The lowest BCUT2D eigenvalue weighted by molar-refractivity contribution is 0.0772. The van der Waals surface area contributed by atoms with Crippen molar-refractivity contribution in [1.29, 1.82) is 0 Å². The third kappa shape index (κ3) is 4.11. The highest BCUT2D eigenvalue weighted by Crippen LogP contribution is 2.21. The summed E-state index contributed by atoms with van der Waals surface area (Å²) < 4.78 is 0. The fourth-order valence-corrected chi connectivity index (χ4v) is 2.40. The van der Waals surface area contributed by atoms with Crippen LogP contribution in [0.25, 0.3) is 0 Å². The Morgan fingerprint density at radius 2 is 1.52 bits per heavy atom. The molecule has 120 valence electrons. The maximum absolute atomic E-state index is 12.2. The van der Waals surface area contributed by atoms with Crippen LogP contribution in [0.1, 0.15) is 34.6 Å². The van der Waals surface area contributed by atoms with Gasteiger partial charge in [-0.25, -0.2) is 0 Å².